The monoisotopic (exact) mass is 454 g/mol. The van der Waals surface area contributed by atoms with E-state index in [1.165, 1.54) is 0 Å². The van der Waals surface area contributed by atoms with Crippen LogP contribution in [-0.4, -0.2) is 83.4 Å². The van der Waals surface area contributed by atoms with Gasteiger partial charge in [0.2, 0.25) is 23.6 Å². The van der Waals surface area contributed by atoms with Crippen molar-refractivity contribution < 1.29 is 29.1 Å². The van der Waals surface area contributed by atoms with E-state index in [2.05, 4.69) is 16.0 Å². The highest BCUT2D eigenvalue weighted by Gasteiger charge is 2.39. The molecule has 0 aromatic carbocycles. The van der Waals surface area contributed by atoms with E-state index in [1.807, 2.05) is 0 Å². The van der Waals surface area contributed by atoms with Crippen LogP contribution in [0.2, 0.25) is 0 Å². The maximum Gasteiger partial charge on any atom is 0.326 e. The lowest BCUT2D eigenvalue weighted by Crippen LogP contribution is -2.56. The summed E-state index contributed by atoms with van der Waals surface area (Å²) in [5, 5.41) is 17.3. The second kappa shape index (κ2) is 12.3. The number of carbonyl (C=O) groups excluding carboxylic acids is 4. The highest BCUT2D eigenvalue weighted by atomic mass is 16.4. The van der Waals surface area contributed by atoms with E-state index in [0.717, 1.165) is 19.4 Å². The Bertz CT molecular complexity index is 711. The second-order valence-corrected chi connectivity index (χ2v) is 8.25. The van der Waals surface area contributed by atoms with E-state index in [-0.39, 0.29) is 18.4 Å². The van der Waals surface area contributed by atoms with Crippen LogP contribution in [0.3, 0.4) is 0 Å². The number of carboxylic acids is 1. The highest BCUT2D eigenvalue weighted by molar-refractivity contribution is 5.95. The number of amides is 4. The van der Waals surface area contributed by atoms with E-state index in [9.17, 15) is 29.1 Å². The van der Waals surface area contributed by atoms with Crippen LogP contribution in [0.25, 0.3) is 0 Å². The van der Waals surface area contributed by atoms with Gasteiger partial charge in [-0.05, 0) is 58.0 Å². The molecule has 12 heteroatoms. The van der Waals surface area contributed by atoms with Crippen LogP contribution in [0.5, 0.6) is 0 Å². The molecule has 2 saturated heterocycles. The number of nitrogens with one attached hydrogen (secondary N) is 3. The van der Waals surface area contributed by atoms with Gasteiger partial charge >= 0.3 is 5.97 Å². The third-order valence-corrected chi connectivity index (χ3v) is 5.80. The lowest BCUT2D eigenvalue weighted by atomic mass is 10.1. The van der Waals surface area contributed by atoms with Crippen molar-refractivity contribution in [3.8, 4) is 0 Å². The summed E-state index contributed by atoms with van der Waals surface area (Å²) in [4.78, 5) is 62.6. The molecule has 0 aromatic heterocycles. The normalized spacial score (nSPS) is 22.2. The molecule has 0 saturated carbocycles. The standard InChI is InChI=1S/C20H34N6O6/c21-8-2-1-5-12(17(28)25-14(20(31)32)11-16(22)27)24-18(29)15-7-4-10-26(15)19(30)13-6-3-9-23-13/h12-15,23H,1-11,21H2,(H2,22,27)(H,24,29)(H,25,28)(H,31,32). The first kappa shape index (κ1) is 25.5. The lowest BCUT2D eigenvalue weighted by Gasteiger charge is -2.28. The Morgan fingerprint density at radius 3 is 2.41 bits per heavy atom. The Labute approximate surface area is 186 Å². The second-order valence-electron chi connectivity index (χ2n) is 8.25. The van der Waals surface area contributed by atoms with E-state index in [4.69, 9.17) is 11.5 Å². The first-order chi connectivity index (χ1) is 15.2. The number of primary amides is 1. The molecule has 2 aliphatic heterocycles. The predicted octanol–water partition coefficient (Wildman–Crippen LogP) is -2.21. The number of likely N-dealkylation sites (tertiary alicyclic amines) is 1. The molecule has 2 rings (SSSR count). The van der Waals surface area contributed by atoms with Crippen LogP contribution in [0.15, 0.2) is 0 Å². The first-order valence-electron chi connectivity index (χ1n) is 11.1. The van der Waals surface area contributed by atoms with Crippen molar-refractivity contribution in [1.29, 1.82) is 0 Å². The molecule has 0 radical (unpaired) electrons. The summed E-state index contributed by atoms with van der Waals surface area (Å²) in [6, 6.07) is -3.49. The van der Waals surface area contributed by atoms with Gasteiger partial charge in [-0.25, -0.2) is 4.79 Å². The smallest absolute Gasteiger partial charge is 0.326 e. The van der Waals surface area contributed by atoms with Crippen LogP contribution in [0.1, 0.15) is 51.4 Å². The average Bonchev–Trinajstić information content (AvgIpc) is 3.43. The van der Waals surface area contributed by atoms with Gasteiger partial charge in [-0.3, -0.25) is 19.2 Å². The van der Waals surface area contributed by atoms with Crippen molar-refractivity contribution >= 4 is 29.6 Å². The number of rotatable bonds is 12. The fraction of sp³-hybridized carbons (Fsp3) is 0.750. The molecule has 0 bridgehead atoms. The lowest BCUT2D eigenvalue weighted by molar-refractivity contribution is -0.144. The maximum atomic E-state index is 13.0. The summed E-state index contributed by atoms with van der Waals surface area (Å²) in [5.74, 6) is -3.57. The summed E-state index contributed by atoms with van der Waals surface area (Å²) in [7, 11) is 0. The van der Waals surface area contributed by atoms with E-state index < -0.39 is 48.2 Å². The number of nitrogens with zero attached hydrogens (tertiary/aromatic N) is 1. The van der Waals surface area contributed by atoms with E-state index >= 15 is 0 Å². The molecule has 2 fully saturated rings. The number of nitrogens with two attached hydrogens (primary N) is 2. The third-order valence-electron chi connectivity index (χ3n) is 5.80. The fourth-order valence-corrected chi connectivity index (χ4v) is 4.10. The summed E-state index contributed by atoms with van der Waals surface area (Å²) in [6.07, 6.45) is 3.62. The van der Waals surface area contributed by atoms with Crippen LogP contribution in [-0.2, 0) is 24.0 Å². The molecule has 32 heavy (non-hydrogen) atoms. The number of carbonyl (C=O) groups is 5. The Kier molecular flexibility index (Phi) is 9.85. The Morgan fingerprint density at radius 1 is 1.06 bits per heavy atom. The van der Waals surface area contributed by atoms with Gasteiger partial charge in [0.15, 0.2) is 0 Å². The Balaban J connectivity index is 2.06. The molecule has 180 valence electrons. The van der Waals surface area contributed by atoms with Crippen LogP contribution < -0.4 is 27.4 Å². The molecule has 2 aliphatic rings. The number of hydrogen-bond donors (Lipinski definition) is 6. The predicted molar refractivity (Wildman–Crippen MR) is 114 cm³/mol. The molecule has 8 N–H and O–H groups in total. The summed E-state index contributed by atoms with van der Waals surface area (Å²) in [5.41, 5.74) is 10.6. The van der Waals surface area contributed by atoms with Crippen molar-refractivity contribution in [3.63, 3.8) is 0 Å². The van der Waals surface area contributed by atoms with Gasteiger partial charge in [0.25, 0.3) is 0 Å². The molecular formula is C20H34N6O6. The maximum absolute atomic E-state index is 13.0. The van der Waals surface area contributed by atoms with Crippen molar-refractivity contribution in [2.24, 2.45) is 11.5 Å². The summed E-state index contributed by atoms with van der Waals surface area (Å²) in [6.45, 7) is 1.64. The van der Waals surface area contributed by atoms with Crippen LogP contribution in [0.4, 0.5) is 0 Å². The Hall–Kier alpha value is -2.73. The molecule has 0 aromatic rings. The zero-order valence-electron chi connectivity index (χ0n) is 18.2. The van der Waals surface area contributed by atoms with Crippen molar-refractivity contribution in [1.82, 2.24) is 20.9 Å². The van der Waals surface area contributed by atoms with Gasteiger partial charge in [0.05, 0.1) is 12.5 Å². The molecule has 0 spiro atoms. The average molecular weight is 455 g/mol. The van der Waals surface area contributed by atoms with E-state index in [1.54, 1.807) is 4.90 Å². The quantitative estimate of drug-likeness (QED) is 0.178. The fourth-order valence-electron chi connectivity index (χ4n) is 4.10. The van der Waals surface area contributed by atoms with Crippen LogP contribution >= 0.6 is 0 Å². The number of carboxylic acid groups (broad SMARTS) is 1. The molecular weight excluding hydrogens is 420 g/mol. The van der Waals surface area contributed by atoms with Crippen molar-refractivity contribution in [2.45, 2.75) is 75.5 Å². The zero-order valence-corrected chi connectivity index (χ0v) is 18.2. The van der Waals surface area contributed by atoms with Gasteiger partial charge in [-0.15, -0.1) is 0 Å². The molecule has 0 aliphatic carbocycles. The number of hydrogen-bond acceptors (Lipinski definition) is 7. The van der Waals surface area contributed by atoms with E-state index in [0.29, 0.717) is 38.8 Å². The largest absolute Gasteiger partial charge is 0.480 e. The third kappa shape index (κ3) is 7.16. The number of aliphatic carboxylic acids is 1. The van der Waals surface area contributed by atoms with Gasteiger partial charge in [0, 0.05) is 6.54 Å². The molecule has 4 amide bonds. The van der Waals surface area contributed by atoms with Crippen molar-refractivity contribution in [2.75, 3.05) is 19.6 Å². The van der Waals surface area contributed by atoms with Gasteiger partial charge in [0.1, 0.15) is 18.1 Å². The summed E-state index contributed by atoms with van der Waals surface area (Å²) < 4.78 is 0. The first-order valence-corrected chi connectivity index (χ1v) is 11.1. The summed E-state index contributed by atoms with van der Waals surface area (Å²) >= 11 is 0. The molecule has 4 unspecified atom stereocenters. The minimum absolute atomic E-state index is 0.114. The Morgan fingerprint density at radius 2 is 1.81 bits per heavy atom. The molecule has 2 heterocycles. The minimum Gasteiger partial charge on any atom is -0.480 e. The highest BCUT2D eigenvalue weighted by Crippen LogP contribution is 2.21. The SMILES string of the molecule is NCCCCC(NC(=O)C1CCCN1C(=O)C1CCCN1)C(=O)NC(CC(N)=O)C(=O)O. The zero-order chi connectivity index (χ0) is 23.7. The number of unbranched alkanes of at least 4 members (excludes halogenated alkanes) is 1. The van der Waals surface area contributed by atoms with Crippen molar-refractivity contribution in [3.05, 3.63) is 0 Å². The van der Waals surface area contributed by atoms with Gasteiger partial charge < -0.3 is 37.4 Å². The van der Waals surface area contributed by atoms with Crippen LogP contribution in [0, 0.1) is 0 Å². The van der Waals surface area contributed by atoms with Gasteiger partial charge in [-0.2, -0.15) is 0 Å². The topological polar surface area (TPSA) is 197 Å². The molecule has 4 atom stereocenters. The minimum atomic E-state index is -1.49. The molecule has 12 nitrogen and oxygen atoms in total. The van der Waals surface area contributed by atoms with Gasteiger partial charge in [-0.1, -0.05) is 0 Å².